The van der Waals surface area contributed by atoms with E-state index in [0.717, 1.165) is 33.9 Å². The van der Waals surface area contributed by atoms with Gasteiger partial charge in [0.2, 0.25) is 0 Å². The molecule has 34 heavy (non-hydrogen) atoms. The van der Waals surface area contributed by atoms with Crippen LogP contribution in [0.4, 0.5) is 14.5 Å². The van der Waals surface area contributed by atoms with Gasteiger partial charge in [0.05, 0.1) is 16.7 Å². The van der Waals surface area contributed by atoms with Crippen molar-refractivity contribution in [2.24, 2.45) is 0 Å². The monoisotopic (exact) mass is 484 g/mol. The molecule has 1 aromatic heterocycles. The summed E-state index contributed by atoms with van der Waals surface area (Å²) in [7, 11) is 1.44. The number of halogens is 2. The van der Waals surface area contributed by atoms with E-state index in [1.54, 1.807) is 29.2 Å². The number of nitrogens with zero attached hydrogens (tertiary/aromatic N) is 2. The molecular weight excluding hydrogens is 462 g/mol. The van der Waals surface area contributed by atoms with Gasteiger partial charge in [0.15, 0.2) is 0 Å². The Kier molecular flexibility index (Phi) is 5.83. The Morgan fingerprint density at radius 1 is 1.18 bits per heavy atom. The van der Waals surface area contributed by atoms with E-state index < -0.39 is 23.6 Å². The van der Waals surface area contributed by atoms with Gasteiger partial charge in [-0.05, 0) is 49.2 Å². The van der Waals surface area contributed by atoms with E-state index in [1.165, 1.54) is 24.5 Å². The number of amides is 2. The summed E-state index contributed by atoms with van der Waals surface area (Å²) in [6.07, 6.45) is 0.927. The van der Waals surface area contributed by atoms with E-state index in [4.69, 9.17) is 4.74 Å². The van der Waals surface area contributed by atoms with Crippen LogP contribution in [0.3, 0.4) is 0 Å². The van der Waals surface area contributed by atoms with Gasteiger partial charge in [0.1, 0.15) is 24.0 Å². The number of β-amino-alcohol motifs (C(OH)–C–C–N with tert-alkyl or cyclic N) is 1. The molecule has 0 radical (unpaired) electrons. The van der Waals surface area contributed by atoms with Crippen LogP contribution in [0.5, 0.6) is 5.75 Å². The lowest BCUT2D eigenvalue weighted by Gasteiger charge is -2.30. The van der Waals surface area contributed by atoms with Crippen LogP contribution < -0.4 is 9.64 Å². The van der Waals surface area contributed by atoms with Crippen LogP contribution in [0.2, 0.25) is 0 Å². The lowest BCUT2D eigenvalue weighted by molar-refractivity contribution is 0.0473. The van der Waals surface area contributed by atoms with Crippen molar-refractivity contribution >= 4 is 28.8 Å². The smallest absolute Gasteiger partial charge is 0.268 e. The van der Waals surface area contributed by atoms with E-state index in [2.05, 4.69) is 0 Å². The largest absolute Gasteiger partial charge is 0.488 e. The Morgan fingerprint density at radius 3 is 2.76 bits per heavy atom. The molecule has 1 N–H and O–H groups in total. The van der Waals surface area contributed by atoms with Crippen LogP contribution in [0.1, 0.15) is 38.4 Å². The van der Waals surface area contributed by atoms with Gasteiger partial charge in [-0.2, -0.15) is 0 Å². The van der Waals surface area contributed by atoms with Crippen LogP contribution >= 0.6 is 11.3 Å². The first-order valence-corrected chi connectivity index (χ1v) is 11.7. The zero-order valence-electron chi connectivity index (χ0n) is 18.4. The first-order chi connectivity index (χ1) is 16.3. The Balaban J connectivity index is 1.44. The third kappa shape index (κ3) is 4.05. The fraction of sp³-hybridized carbons (Fsp3) is 0.280. The Labute approximate surface area is 199 Å². The van der Waals surface area contributed by atoms with Crippen molar-refractivity contribution in [1.29, 1.82) is 0 Å². The molecule has 0 bridgehead atoms. The zero-order valence-corrected chi connectivity index (χ0v) is 19.2. The van der Waals surface area contributed by atoms with Crippen LogP contribution in [0.25, 0.3) is 10.4 Å². The van der Waals surface area contributed by atoms with Gasteiger partial charge in [-0.1, -0.05) is 0 Å². The highest BCUT2D eigenvalue weighted by molar-refractivity contribution is 7.17. The van der Waals surface area contributed by atoms with Crippen molar-refractivity contribution in [3.05, 3.63) is 70.1 Å². The maximum absolute atomic E-state index is 14.2. The highest BCUT2D eigenvalue weighted by atomic mass is 32.1. The number of aliphatic hydroxyl groups excluding tert-OH is 1. The Hall–Kier alpha value is -3.30. The number of hydrogen-bond donors (Lipinski definition) is 1. The summed E-state index contributed by atoms with van der Waals surface area (Å²) < 4.78 is 33.3. The summed E-state index contributed by atoms with van der Waals surface area (Å²) in [4.78, 5) is 30.1. The fourth-order valence-electron chi connectivity index (χ4n) is 4.34. The van der Waals surface area contributed by atoms with Crippen molar-refractivity contribution in [2.75, 3.05) is 25.0 Å². The molecule has 1 fully saturated rings. The van der Waals surface area contributed by atoms with Crippen molar-refractivity contribution in [3.8, 4) is 16.2 Å². The molecule has 0 unspecified atom stereocenters. The minimum Gasteiger partial charge on any atom is -0.488 e. The second-order valence-corrected chi connectivity index (χ2v) is 9.52. The second kappa shape index (κ2) is 8.81. The summed E-state index contributed by atoms with van der Waals surface area (Å²) in [6.45, 7) is 1.17. The lowest BCUT2D eigenvalue weighted by atomic mass is 10.0. The van der Waals surface area contributed by atoms with Crippen molar-refractivity contribution in [3.63, 3.8) is 0 Å². The summed E-state index contributed by atoms with van der Waals surface area (Å²) in [6, 6.07) is 9.98. The molecule has 3 heterocycles. The lowest BCUT2D eigenvalue weighted by Crippen LogP contribution is -2.42. The molecule has 0 aliphatic carbocycles. The van der Waals surface area contributed by atoms with E-state index in [-0.39, 0.29) is 18.2 Å². The molecule has 1 atom stereocenters. The second-order valence-electron chi connectivity index (χ2n) is 8.47. The number of carbonyl (C=O) groups is 2. The highest BCUT2D eigenvalue weighted by Gasteiger charge is 2.28. The molecule has 2 aromatic carbocycles. The average Bonchev–Trinajstić information content (AvgIpc) is 3.27. The number of fused-ring (bicyclic) bond motifs is 3. The molecule has 3 aromatic rings. The third-order valence-corrected chi connectivity index (χ3v) is 7.33. The van der Waals surface area contributed by atoms with Gasteiger partial charge in [-0.15, -0.1) is 11.3 Å². The summed E-state index contributed by atoms with van der Waals surface area (Å²) in [5.41, 5.74) is 1.97. The molecule has 176 valence electrons. The fourth-order valence-corrected chi connectivity index (χ4v) is 5.50. The third-order valence-electron chi connectivity index (χ3n) is 6.13. The Bertz CT molecular complexity index is 1290. The van der Waals surface area contributed by atoms with Gasteiger partial charge in [-0.3, -0.25) is 9.59 Å². The first kappa shape index (κ1) is 22.5. The van der Waals surface area contributed by atoms with Gasteiger partial charge >= 0.3 is 0 Å². The number of likely N-dealkylation sites (tertiary alicyclic amines) is 1. The highest BCUT2D eigenvalue weighted by Crippen LogP contribution is 2.43. The van der Waals surface area contributed by atoms with E-state index >= 15 is 0 Å². The minimum absolute atomic E-state index is 0.0222. The summed E-state index contributed by atoms with van der Waals surface area (Å²) in [5, 5.41) is 9.92. The topological polar surface area (TPSA) is 70.1 Å². The van der Waals surface area contributed by atoms with Gasteiger partial charge in [0, 0.05) is 47.8 Å². The molecular formula is C25H22F2N2O4S. The molecule has 5 rings (SSSR count). The van der Waals surface area contributed by atoms with Gasteiger partial charge in [-0.25, -0.2) is 8.78 Å². The van der Waals surface area contributed by atoms with Gasteiger partial charge < -0.3 is 19.6 Å². The molecule has 2 aliphatic heterocycles. The normalized spacial score (nSPS) is 16.9. The summed E-state index contributed by atoms with van der Waals surface area (Å²) >= 11 is 1.24. The van der Waals surface area contributed by atoms with Crippen molar-refractivity contribution in [1.82, 2.24) is 4.90 Å². The van der Waals surface area contributed by atoms with Crippen LogP contribution in [0, 0.1) is 11.6 Å². The molecule has 2 aliphatic rings. The SMILES string of the molecule is CN(C(=O)c1cc2c(s1)-c1cc(C(=O)N3CCC[C@@H](O)C3)ccc1OC2)c1ccc(F)cc1F. The maximum Gasteiger partial charge on any atom is 0.268 e. The van der Waals surface area contributed by atoms with E-state index in [9.17, 15) is 23.5 Å². The number of piperidine rings is 1. The average molecular weight is 485 g/mol. The summed E-state index contributed by atoms with van der Waals surface area (Å²) in [5.74, 6) is -1.51. The molecule has 0 saturated carbocycles. The zero-order chi connectivity index (χ0) is 24.0. The molecule has 6 nitrogen and oxygen atoms in total. The molecule has 0 spiro atoms. The predicted octanol–water partition coefficient (Wildman–Crippen LogP) is 4.46. The number of aliphatic hydroxyl groups is 1. The number of thiophene rings is 1. The van der Waals surface area contributed by atoms with E-state index in [0.29, 0.717) is 41.3 Å². The number of benzene rings is 2. The van der Waals surface area contributed by atoms with Crippen LogP contribution in [-0.4, -0.2) is 48.1 Å². The maximum atomic E-state index is 14.2. The standard InChI is InChI=1S/C25H22F2N2O4S/c1-28(20-6-5-16(26)11-19(20)27)25(32)22-10-15-13-33-21-7-4-14(9-18(21)23(15)34-22)24(31)29-8-2-3-17(30)12-29/h4-7,9-11,17,30H,2-3,8,12-13H2,1H3/t17-/m1/s1. The quantitative estimate of drug-likeness (QED) is 0.596. The molecule has 2 amide bonds. The van der Waals surface area contributed by atoms with Crippen molar-refractivity contribution in [2.45, 2.75) is 25.6 Å². The van der Waals surface area contributed by atoms with Crippen LogP contribution in [0.15, 0.2) is 42.5 Å². The number of carbonyl (C=O) groups excluding carboxylic acids is 2. The molecule has 1 saturated heterocycles. The number of ether oxygens (including phenoxy) is 1. The number of anilines is 1. The first-order valence-electron chi connectivity index (χ1n) is 10.9. The van der Waals surface area contributed by atoms with E-state index in [1.807, 2.05) is 0 Å². The van der Waals surface area contributed by atoms with Crippen molar-refractivity contribution < 1.29 is 28.2 Å². The predicted molar refractivity (Wildman–Crippen MR) is 124 cm³/mol. The molecule has 9 heteroatoms. The minimum atomic E-state index is -0.822. The van der Waals surface area contributed by atoms with Crippen LogP contribution in [-0.2, 0) is 6.61 Å². The number of hydrogen-bond acceptors (Lipinski definition) is 5. The van der Waals surface area contributed by atoms with Gasteiger partial charge in [0.25, 0.3) is 11.8 Å². The Morgan fingerprint density at radius 2 is 2.00 bits per heavy atom. The number of rotatable bonds is 3.